The van der Waals surface area contributed by atoms with Crippen molar-refractivity contribution in [3.8, 4) is 5.95 Å². The molecule has 3 aromatic rings. The maximum atomic E-state index is 13.2. The molecule has 2 aromatic heterocycles. The molecule has 8 nitrogen and oxygen atoms in total. The highest BCUT2D eigenvalue weighted by atomic mass is 16.5. The predicted molar refractivity (Wildman–Crippen MR) is 125 cm³/mol. The second-order valence-electron chi connectivity index (χ2n) is 8.81. The molecule has 0 saturated heterocycles. The summed E-state index contributed by atoms with van der Waals surface area (Å²) in [7, 11) is 1.35. The average molecular weight is 450 g/mol. The van der Waals surface area contributed by atoms with Gasteiger partial charge in [-0.15, -0.1) is 0 Å². The lowest BCUT2D eigenvalue weighted by atomic mass is 9.80. The van der Waals surface area contributed by atoms with Gasteiger partial charge in [-0.1, -0.05) is 30.3 Å². The first-order valence-corrected chi connectivity index (χ1v) is 10.8. The quantitative estimate of drug-likeness (QED) is 0.555. The average Bonchev–Trinajstić information content (AvgIpc) is 3.05. The number of benzene rings is 1. The Hall–Kier alpha value is -3.55. The number of aromatic nitrogens is 4. The third-order valence-corrected chi connectivity index (χ3v) is 5.81. The minimum absolute atomic E-state index is 0.114. The molecule has 0 unspecified atom stereocenters. The van der Waals surface area contributed by atoms with E-state index in [1.54, 1.807) is 18.5 Å². The van der Waals surface area contributed by atoms with Crippen molar-refractivity contribution >= 4 is 11.9 Å². The molecule has 0 aliphatic carbocycles. The first-order valence-electron chi connectivity index (χ1n) is 10.8. The van der Waals surface area contributed by atoms with Crippen LogP contribution in [-0.2, 0) is 20.7 Å². The molecule has 1 N–H and O–H groups in total. The third kappa shape index (κ3) is 5.10. The van der Waals surface area contributed by atoms with E-state index in [0.717, 1.165) is 33.9 Å². The Labute approximate surface area is 194 Å². The summed E-state index contributed by atoms with van der Waals surface area (Å²) in [6.45, 7) is 11.1. The van der Waals surface area contributed by atoms with Crippen molar-refractivity contribution in [1.29, 1.82) is 0 Å². The number of hydrogen-bond donors (Lipinski definition) is 1. The highest BCUT2D eigenvalue weighted by molar-refractivity contribution is 5.82. The summed E-state index contributed by atoms with van der Waals surface area (Å²) in [5.41, 5.74) is 3.89. The maximum absolute atomic E-state index is 13.2. The molecule has 174 valence electrons. The normalized spacial score (nSPS) is 12.3. The SMILES string of the molecule is COC(=O)C(C)(C)[C@H](NC(=O)Cc1c(C)nn(-c2nc(C)cc(C)n2)c1C)c1ccccc1. The van der Waals surface area contributed by atoms with Crippen LogP contribution in [0.3, 0.4) is 0 Å². The van der Waals surface area contributed by atoms with E-state index in [2.05, 4.69) is 20.4 Å². The lowest BCUT2D eigenvalue weighted by Crippen LogP contribution is -2.43. The van der Waals surface area contributed by atoms with Gasteiger partial charge in [-0.3, -0.25) is 9.59 Å². The highest BCUT2D eigenvalue weighted by Gasteiger charge is 2.40. The fourth-order valence-electron chi connectivity index (χ4n) is 4.01. The Morgan fingerprint density at radius 3 is 2.24 bits per heavy atom. The Morgan fingerprint density at radius 1 is 1.06 bits per heavy atom. The van der Waals surface area contributed by atoms with Gasteiger partial charge >= 0.3 is 5.97 Å². The molecule has 0 saturated carbocycles. The second-order valence-corrected chi connectivity index (χ2v) is 8.81. The fraction of sp³-hybridized carbons (Fsp3) is 0.400. The van der Waals surface area contributed by atoms with Gasteiger partial charge in [0.1, 0.15) is 0 Å². The van der Waals surface area contributed by atoms with Gasteiger partial charge < -0.3 is 10.1 Å². The van der Waals surface area contributed by atoms with E-state index >= 15 is 0 Å². The number of carbonyl (C=O) groups is 2. The molecule has 0 spiro atoms. The Balaban J connectivity index is 1.90. The van der Waals surface area contributed by atoms with E-state index in [0.29, 0.717) is 5.95 Å². The van der Waals surface area contributed by atoms with E-state index in [-0.39, 0.29) is 12.3 Å². The molecule has 0 bridgehead atoms. The molecule has 1 atom stereocenters. The van der Waals surface area contributed by atoms with Gasteiger partial charge in [0.25, 0.3) is 5.95 Å². The van der Waals surface area contributed by atoms with E-state index < -0.39 is 17.4 Å². The topological polar surface area (TPSA) is 99.0 Å². The molecule has 1 aromatic carbocycles. The van der Waals surface area contributed by atoms with Gasteiger partial charge in [0, 0.05) is 22.6 Å². The molecule has 0 radical (unpaired) electrons. The van der Waals surface area contributed by atoms with Gasteiger partial charge in [-0.25, -0.2) is 14.6 Å². The number of rotatable bonds is 7. The van der Waals surface area contributed by atoms with Crippen LogP contribution in [0.25, 0.3) is 5.95 Å². The summed E-state index contributed by atoms with van der Waals surface area (Å²) in [6, 6.07) is 10.8. The predicted octanol–water partition coefficient (Wildman–Crippen LogP) is 3.50. The lowest BCUT2D eigenvalue weighted by molar-refractivity contribution is -0.153. The molecule has 1 amide bonds. The van der Waals surface area contributed by atoms with Crippen molar-refractivity contribution in [2.75, 3.05) is 7.11 Å². The fourth-order valence-corrected chi connectivity index (χ4v) is 4.01. The Kier molecular flexibility index (Phi) is 6.95. The molecule has 0 fully saturated rings. The van der Waals surface area contributed by atoms with Crippen molar-refractivity contribution in [3.63, 3.8) is 0 Å². The van der Waals surface area contributed by atoms with Crippen molar-refractivity contribution in [1.82, 2.24) is 25.1 Å². The molecular formula is C25H31N5O3. The summed E-state index contributed by atoms with van der Waals surface area (Å²) in [4.78, 5) is 34.7. The zero-order valence-corrected chi connectivity index (χ0v) is 20.3. The minimum Gasteiger partial charge on any atom is -0.469 e. The van der Waals surface area contributed by atoms with Gasteiger partial charge in [-0.2, -0.15) is 5.10 Å². The largest absolute Gasteiger partial charge is 0.469 e. The standard InChI is InChI=1S/C25H31N5O3/c1-15-13-16(2)27-24(26-15)30-18(4)20(17(3)29-30)14-21(31)28-22(19-11-9-8-10-12-19)25(5,6)23(32)33-7/h8-13,22H,14H2,1-7H3,(H,28,31)/t22-/m1/s1. The summed E-state index contributed by atoms with van der Waals surface area (Å²) in [6.07, 6.45) is 0.114. The van der Waals surface area contributed by atoms with Crippen LogP contribution in [-0.4, -0.2) is 38.7 Å². The number of carbonyl (C=O) groups excluding carboxylic acids is 2. The molecule has 8 heteroatoms. The van der Waals surface area contributed by atoms with Crippen molar-refractivity contribution in [3.05, 3.63) is 70.3 Å². The number of nitrogens with one attached hydrogen (secondary N) is 1. The van der Waals surface area contributed by atoms with E-state index in [1.807, 2.05) is 64.1 Å². The number of aryl methyl sites for hydroxylation is 3. The minimum atomic E-state index is -0.965. The molecule has 0 aliphatic heterocycles. The molecule has 0 aliphatic rings. The highest BCUT2D eigenvalue weighted by Crippen LogP contribution is 2.34. The monoisotopic (exact) mass is 449 g/mol. The van der Waals surface area contributed by atoms with Crippen molar-refractivity contribution < 1.29 is 14.3 Å². The maximum Gasteiger partial charge on any atom is 0.313 e. The van der Waals surface area contributed by atoms with Crippen LogP contribution in [0.1, 0.15) is 53.8 Å². The van der Waals surface area contributed by atoms with Crippen molar-refractivity contribution in [2.45, 2.75) is 54.0 Å². The van der Waals surface area contributed by atoms with Crippen LogP contribution < -0.4 is 5.32 Å². The third-order valence-electron chi connectivity index (χ3n) is 5.81. The van der Waals surface area contributed by atoms with Crippen LogP contribution in [0, 0.1) is 33.1 Å². The number of ether oxygens (including phenoxy) is 1. The first-order chi connectivity index (χ1) is 15.5. The van der Waals surface area contributed by atoms with Gasteiger partial charge in [-0.05, 0) is 53.2 Å². The molecule has 3 rings (SSSR count). The first kappa shape index (κ1) is 24.1. The van der Waals surface area contributed by atoms with Crippen LogP contribution in [0.2, 0.25) is 0 Å². The zero-order chi connectivity index (χ0) is 24.3. The van der Waals surface area contributed by atoms with E-state index in [4.69, 9.17) is 4.74 Å². The van der Waals surface area contributed by atoms with Gasteiger partial charge in [0.05, 0.1) is 30.7 Å². The summed E-state index contributed by atoms with van der Waals surface area (Å²) in [5, 5.41) is 7.63. The number of hydrogen-bond acceptors (Lipinski definition) is 6. The summed E-state index contributed by atoms with van der Waals surface area (Å²) >= 11 is 0. The van der Waals surface area contributed by atoms with E-state index in [1.165, 1.54) is 7.11 Å². The smallest absolute Gasteiger partial charge is 0.313 e. The Morgan fingerprint density at radius 2 is 1.67 bits per heavy atom. The van der Waals surface area contributed by atoms with E-state index in [9.17, 15) is 9.59 Å². The van der Waals surface area contributed by atoms with Crippen LogP contribution in [0.4, 0.5) is 0 Å². The number of nitrogens with zero attached hydrogens (tertiary/aromatic N) is 4. The summed E-state index contributed by atoms with van der Waals surface area (Å²) < 4.78 is 6.68. The molecular weight excluding hydrogens is 418 g/mol. The molecule has 33 heavy (non-hydrogen) atoms. The van der Waals surface area contributed by atoms with Crippen LogP contribution in [0.5, 0.6) is 0 Å². The van der Waals surface area contributed by atoms with Gasteiger partial charge in [0.2, 0.25) is 5.91 Å². The number of esters is 1. The number of methoxy groups -OCH3 is 1. The van der Waals surface area contributed by atoms with Crippen LogP contribution >= 0.6 is 0 Å². The number of amides is 1. The summed E-state index contributed by atoms with van der Waals surface area (Å²) in [5.74, 6) is -0.134. The zero-order valence-electron chi connectivity index (χ0n) is 20.3. The Bertz CT molecular complexity index is 1150. The van der Waals surface area contributed by atoms with Crippen molar-refractivity contribution in [2.24, 2.45) is 5.41 Å². The lowest BCUT2D eigenvalue weighted by Gasteiger charge is -2.33. The van der Waals surface area contributed by atoms with Gasteiger partial charge in [0.15, 0.2) is 0 Å². The second kappa shape index (κ2) is 9.52. The molecule has 2 heterocycles. The van der Waals surface area contributed by atoms with Crippen LogP contribution in [0.15, 0.2) is 36.4 Å².